The Bertz CT molecular complexity index is 1690. The summed E-state index contributed by atoms with van der Waals surface area (Å²) in [5.74, 6) is -0.449. The molecule has 0 spiro atoms. The first-order valence-electron chi connectivity index (χ1n) is 13.1. The van der Waals surface area contributed by atoms with Gasteiger partial charge in [0.05, 0.1) is 35.5 Å². The molecule has 2 N–H and O–H groups in total. The van der Waals surface area contributed by atoms with Crippen LogP contribution in [0.5, 0.6) is 0 Å². The van der Waals surface area contributed by atoms with Gasteiger partial charge in [-0.25, -0.2) is 8.42 Å². The molecule has 0 fully saturated rings. The summed E-state index contributed by atoms with van der Waals surface area (Å²) in [6.45, 7) is 1.61. The molecule has 1 aromatic heterocycles. The molecule has 12 heteroatoms. The number of rotatable bonds is 11. The maximum atomic E-state index is 13.7. The molecular formula is C30H30ClF3N2O5S. The highest BCUT2D eigenvalue weighted by Gasteiger charge is 2.33. The standard InChI is InChI=1S/C30H30ClF3N2O5S/c1-3-42(39,40)25-9-5-19(6-10-25)27(18-41-2)35-29(38)21-7-11-28-22(14-21)16-24(36(28)12-13-37)15-20-4-8-23(31)17-26(20)30(32,33)34/h4-11,14,16-17,27,37H,3,12-13,15,18H2,1-2H3,(H,35,38)/t27-/m0/s1. The lowest BCUT2D eigenvalue weighted by atomic mass is 10.0. The summed E-state index contributed by atoms with van der Waals surface area (Å²) in [6, 6.07) is 15.9. The van der Waals surface area contributed by atoms with Gasteiger partial charge in [0, 0.05) is 47.3 Å². The van der Waals surface area contributed by atoms with E-state index in [1.54, 1.807) is 47.9 Å². The van der Waals surface area contributed by atoms with Crippen molar-refractivity contribution in [1.82, 2.24) is 9.88 Å². The van der Waals surface area contributed by atoms with Crippen molar-refractivity contribution >= 4 is 38.2 Å². The number of aromatic nitrogens is 1. The van der Waals surface area contributed by atoms with Gasteiger partial charge in [0.1, 0.15) is 0 Å². The molecule has 0 aliphatic heterocycles. The third-order valence-corrected chi connectivity index (χ3v) is 8.97. The van der Waals surface area contributed by atoms with Gasteiger partial charge in [0.15, 0.2) is 9.84 Å². The molecule has 1 heterocycles. The number of aliphatic hydroxyl groups is 1. The first-order valence-corrected chi connectivity index (χ1v) is 15.1. The average molecular weight is 623 g/mol. The lowest BCUT2D eigenvalue weighted by Crippen LogP contribution is -2.31. The largest absolute Gasteiger partial charge is 0.416 e. The summed E-state index contributed by atoms with van der Waals surface area (Å²) < 4.78 is 72.4. The lowest BCUT2D eigenvalue weighted by molar-refractivity contribution is -0.138. The Morgan fingerprint density at radius 1 is 1.07 bits per heavy atom. The molecule has 1 atom stereocenters. The van der Waals surface area contributed by atoms with E-state index in [-0.39, 0.29) is 47.4 Å². The van der Waals surface area contributed by atoms with Gasteiger partial charge < -0.3 is 19.7 Å². The van der Waals surface area contributed by atoms with E-state index in [2.05, 4.69) is 5.32 Å². The smallest absolute Gasteiger partial charge is 0.395 e. The maximum absolute atomic E-state index is 13.7. The summed E-state index contributed by atoms with van der Waals surface area (Å²) in [7, 11) is -1.89. The Morgan fingerprint density at radius 3 is 2.40 bits per heavy atom. The highest BCUT2D eigenvalue weighted by Crippen LogP contribution is 2.35. The topological polar surface area (TPSA) is 97.6 Å². The Labute approximate surface area is 246 Å². The molecule has 42 heavy (non-hydrogen) atoms. The van der Waals surface area contributed by atoms with Crippen LogP contribution in [0.4, 0.5) is 13.2 Å². The minimum Gasteiger partial charge on any atom is -0.395 e. The molecule has 0 saturated carbocycles. The lowest BCUT2D eigenvalue weighted by Gasteiger charge is -2.19. The second kappa shape index (κ2) is 12.9. The quantitative estimate of drug-likeness (QED) is 0.220. The summed E-state index contributed by atoms with van der Waals surface area (Å²) in [5, 5.41) is 13.2. The zero-order valence-corrected chi connectivity index (χ0v) is 24.5. The van der Waals surface area contributed by atoms with E-state index >= 15 is 0 Å². The first kappa shape index (κ1) is 31.6. The molecule has 0 bridgehead atoms. The van der Waals surface area contributed by atoms with E-state index < -0.39 is 33.5 Å². The number of nitrogens with one attached hydrogen (secondary N) is 1. The van der Waals surface area contributed by atoms with Crippen molar-refractivity contribution in [2.75, 3.05) is 26.1 Å². The molecule has 0 saturated heterocycles. The van der Waals surface area contributed by atoms with Crippen molar-refractivity contribution in [3.05, 3.63) is 99.7 Å². The van der Waals surface area contributed by atoms with E-state index in [1.165, 1.54) is 31.4 Å². The molecular weight excluding hydrogens is 593 g/mol. The van der Waals surface area contributed by atoms with E-state index in [4.69, 9.17) is 16.3 Å². The number of nitrogens with zero attached hydrogens (tertiary/aromatic N) is 1. The third kappa shape index (κ3) is 6.97. The number of hydrogen-bond acceptors (Lipinski definition) is 5. The molecule has 0 unspecified atom stereocenters. The number of hydrogen-bond donors (Lipinski definition) is 2. The summed E-state index contributed by atoms with van der Waals surface area (Å²) >= 11 is 5.84. The van der Waals surface area contributed by atoms with Gasteiger partial charge in [-0.05, 0) is 59.7 Å². The van der Waals surface area contributed by atoms with Crippen LogP contribution in [0.2, 0.25) is 5.02 Å². The normalized spacial score (nSPS) is 12.9. The fourth-order valence-corrected chi connectivity index (χ4v) is 5.90. The van der Waals surface area contributed by atoms with Crippen LogP contribution in [0, 0.1) is 0 Å². The SMILES string of the molecule is CCS(=O)(=O)c1ccc([C@H](COC)NC(=O)c2ccc3c(c2)cc(Cc2ccc(Cl)cc2C(F)(F)F)n3CCO)cc1. The van der Waals surface area contributed by atoms with Gasteiger partial charge in [-0.1, -0.05) is 36.7 Å². The number of alkyl halides is 3. The first-order chi connectivity index (χ1) is 19.9. The number of aliphatic hydroxyl groups excluding tert-OH is 1. The van der Waals surface area contributed by atoms with Gasteiger partial charge in [0.2, 0.25) is 0 Å². The van der Waals surface area contributed by atoms with Crippen molar-refractivity contribution in [2.45, 2.75) is 37.0 Å². The van der Waals surface area contributed by atoms with E-state index in [1.807, 2.05) is 0 Å². The summed E-state index contributed by atoms with van der Waals surface area (Å²) in [6.07, 6.45) is -4.66. The fourth-order valence-electron chi connectivity index (χ4n) is 4.85. The number of carbonyl (C=O) groups is 1. The van der Waals surface area contributed by atoms with Crippen molar-refractivity contribution in [2.24, 2.45) is 0 Å². The van der Waals surface area contributed by atoms with Crippen LogP contribution in [0.1, 0.15) is 45.7 Å². The Morgan fingerprint density at radius 2 is 1.79 bits per heavy atom. The van der Waals surface area contributed by atoms with Crippen molar-refractivity contribution in [3.63, 3.8) is 0 Å². The van der Waals surface area contributed by atoms with Gasteiger partial charge in [-0.15, -0.1) is 0 Å². The molecule has 3 aromatic carbocycles. The van der Waals surface area contributed by atoms with Crippen molar-refractivity contribution < 1.29 is 36.2 Å². The monoisotopic (exact) mass is 622 g/mol. The number of methoxy groups -OCH3 is 1. The zero-order valence-electron chi connectivity index (χ0n) is 22.9. The Hall–Kier alpha value is -3.38. The van der Waals surface area contributed by atoms with Crippen LogP contribution in [-0.2, 0) is 33.7 Å². The van der Waals surface area contributed by atoms with Crippen LogP contribution in [0.3, 0.4) is 0 Å². The van der Waals surface area contributed by atoms with Gasteiger partial charge in [-0.3, -0.25) is 4.79 Å². The second-order valence-corrected chi connectivity index (χ2v) is 12.4. The molecule has 0 aliphatic rings. The number of carbonyl (C=O) groups excluding carboxylic acids is 1. The number of sulfone groups is 1. The van der Waals surface area contributed by atoms with Gasteiger partial charge in [-0.2, -0.15) is 13.2 Å². The number of ether oxygens (including phenoxy) is 1. The van der Waals surface area contributed by atoms with Crippen LogP contribution in [0.25, 0.3) is 10.9 Å². The van der Waals surface area contributed by atoms with E-state index in [9.17, 15) is 31.5 Å². The molecule has 0 radical (unpaired) electrons. The molecule has 1 amide bonds. The molecule has 4 aromatic rings. The number of fused-ring (bicyclic) bond motifs is 1. The van der Waals surface area contributed by atoms with E-state index in [0.717, 1.165) is 6.07 Å². The summed E-state index contributed by atoms with van der Waals surface area (Å²) in [5.41, 5.74) is 1.35. The van der Waals surface area contributed by atoms with E-state index in [0.29, 0.717) is 27.7 Å². The predicted octanol–water partition coefficient (Wildman–Crippen LogP) is 5.81. The number of halogens is 4. The molecule has 0 aliphatic carbocycles. The fraction of sp³-hybridized carbons (Fsp3) is 0.300. The maximum Gasteiger partial charge on any atom is 0.416 e. The highest BCUT2D eigenvalue weighted by molar-refractivity contribution is 7.91. The molecule has 224 valence electrons. The van der Waals surface area contributed by atoms with Crippen LogP contribution in [0.15, 0.2) is 71.6 Å². The zero-order chi connectivity index (χ0) is 30.7. The van der Waals surface area contributed by atoms with Gasteiger partial charge in [0.25, 0.3) is 5.91 Å². The summed E-state index contributed by atoms with van der Waals surface area (Å²) in [4.78, 5) is 13.5. The van der Waals surface area contributed by atoms with Crippen LogP contribution in [-0.4, -0.2) is 50.1 Å². The van der Waals surface area contributed by atoms with Crippen molar-refractivity contribution in [1.29, 1.82) is 0 Å². The Kier molecular flexibility index (Phi) is 9.67. The average Bonchev–Trinajstić information content (AvgIpc) is 3.29. The minimum atomic E-state index is -4.59. The number of amides is 1. The Balaban J connectivity index is 1.64. The minimum absolute atomic E-state index is 0.0219. The predicted molar refractivity (Wildman–Crippen MR) is 155 cm³/mol. The molecule has 4 rings (SSSR count). The van der Waals surface area contributed by atoms with Crippen molar-refractivity contribution in [3.8, 4) is 0 Å². The number of benzene rings is 3. The molecule has 7 nitrogen and oxygen atoms in total. The second-order valence-electron chi connectivity index (χ2n) is 9.71. The van der Waals surface area contributed by atoms with Crippen LogP contribution >= 0.6 is 11.6 Å². The van der Waals surface area contributed by atoms with Gasteiger partial charge >= 0.3 is 6.18 Å². The third-order valence-electron chi connectivity index (χ3n) is 6.98. The van der Waals surface area contributed by atoms with Crippen LogP contribution < -0.4 is 5.32 Å². The highest BCUT2D eigenvalue weighted by atomic mass is 35.5.